The van der Waals surface area contributed by atoms with Crippen molar-refractivity contribution in [3.63, 3.8) is 0 Å². The molecule has 0 amide bonds. The van der Waals surface area contributed by atoms with Gasteiger partial charge >= 0.3 is 0 Å². The molecule has 0 aliphatic heterocycles. The molecule has 0 saturated heterocycles. The van der Waals surface area contributed by atoms with Crippen LogP contribution in [0.4, 0.5) is 14.1 Å². The Morgan fingerprint density at radius 3 is 0.600 bits per heavy atom. The van der Waals surface area contributed by atoms with Crippen molar-refractivity contribution in [3.8, 4) is 0 Å². The van der Waals surface area contributed by atoms with E-state index in [9.17, 15) is 0 Å². The third-order valence-corrected chi connectivity index (χ3v) is 0. The molecule has 0 spiro atoms. The largest absolute Gasteiger partial charge is 0.269 e. The van der Waals surface area contributed by atoms with E-state index < -0.39 is 0 Å². The van der Waals surface area contributed by atoms with Gasteiger partial charge in [-0.25, -0.2) is 0 Å². The summed E-state index contributed by atoms with van der Waals surface area (Å²) in [6, 6.07) is 0. The molecule has 5 heteroatoms. The van der Waals surface area contributed by atoms with Gasteiger partial charge in [-0.05, 0) is 0 Å². The number of hydrogen-bond donors (Lipinski definition) is 0. The molecule has 0 aromatic carbocycles. The summed E-state index contributed by atoms with van der Waals surface area (Å²) in [5.41, 5.74) is 0. The van der Waals surface area contributed by atoms with Gasteiger partial charge in [0, 0.05) is 0 Å². The molecule has 0 bridgehead atoms. The topological polar surface area (TPSA) is 0 Å². The molecule has 0 saturated carbocycles. The molecule has 1 atom stereocenters. The highest BCUT2D eigenvalue weighted by Crippen LogP contribution is 0.861. The van der Waals surface area contributed by atoms with Gasteiger partial charge in [-0.15, -0.1) is 17.0 Å². The van der Waals surface area contributed by atoms with Gasteiger partial charge in [0.1, 0.15) is 0 Å². The van der Waals surface area contributed by atoms with E-state index in [1.807, 2.05) is 0 Å². The van der Waals surface area contributed by atoms with E-state index in [0.29, 0.717) is 0 Å². The molecule has 40 valence electrons. The Morgan fingerprint density at radius 2 is 0.600 bits per heavy atom. The Hall–Kier alpha value is 0.700. The SMILES string of the molecule is Br.F.F.F.P. The minimum absolute atomic E-state index is 0. The Balaban J connectivity index is 0. The van der Waals surface area contributed by atoms with Crippen molar-refractivity contribution < 1.29 is 14.1 Å². The van der Waals surface area contributed by atoms with Gasteiger partial charge in [0.05, 0.1) is 0 Å². The lowest BCUT2D eigenvalue weighted by Crippen LogP contribution is 0.419. The maximum absolute atomic E-state index is 0. The quantitative estimate of drug-likeness (QED) is 0.483. The van der Waals surface area contributed by atoms with Gasteiger partial charge in [0.2, 0.25) is 0 Å². The van der Waals surface area contributed by atoms with Crippen molar-refractivity contribution in [1.29, 1.82) is 0 Å². The fourth-order valence-electron chi connectivity index (χ4n) is 0. The van der Waals surface area contributed by atoms with E-state index in [0.717, 1.165) is 0 Å². The molecule has 0 aromatic rings. The van der Waals surface area contributed by atoms with Gasteiger partial charge < -0.3 is 0 Å². The second-order valence-corrected chi connectivity index (χ2v) is 0. The van der Waals surface area contributed by atoms with Gasteiger partial charge in [-0.1, -0.05) is 0 Å². The van der Waals surface area contributed by atoms with Crippen molar-refractivity contribution in [1.82, 2.24) is 0 Å². The summed E-state index contributed by atoms with van der Waals surface area (Å²) in [5, 5.41) is 0. The van der Waals surface area contributed by atoms with Crippen LogP contribution < -0.4 is 0 Å². The highest BCUT2D eigenvalue weighted by Gasteiger charge is -0.114. The predicted octanol–water partition coefficient (Wildman–Crippen LogP) is 1.09. The van der Waals surface area contributed by atoms with Crippen molar-refractivity contribution >= 4 is 26.9 Å². The summed E-state index contributed by atoms with van der Waals surface area (Å²) in [5.74, 6) is 0. The maximum atomic E-state index is 0. The highest BCUT2D eigenvalue weighted by molar-refractivity contribution is 8.93. The zero-order valence-electron chi connectivity index (χ0n) is 2.34. The lowest BCUT2D eigenvalue weighted by molar-refractivity contribution is 1.11. The second-order valence-electron chi connectivity index (χ2n) is 0. The van der Waals surface area contributed by atoms with Crippen LogP contribution in [0.25, 0.3) is 0 Å². The summed E-state index contributed by atoms with van der Waals surface area (Å²) < 4.78 is 0. The second kappa shape index (κ2) is 131. The van der Waals surface area contributed by atoms with E-state index in [1.165, 1.54) is 0 Å². The first-order chi connectivity index (χ1) is 0. The number of rotatable bonds is 0. The molecule has 0 rings (SSSR count). The Kier molecular flexibility index (Phi) is 6750. The lowest BCUT2D eigenvalue weighted by atomic mass is 19.0. The first kappa shape index (κ1) is 257. The van der Waals surface area contributed by atoms with Crippen LogP contribution in [0.15, 0.2) is 0 Å². The van der Waals surface area contributed by atoms with Crippen LogP contribution in [0.5, 0.6) is 0 Å². The average molecular weight is 175 g/mol. The Labute approximate surface area is 41.8 Å². The van der Waals surface area contributed by atoms with Crippen LogP contribution in [0.1, 0.15) is 0 Å². The van der Waals surface area contributed by atoms with Crippen LogP contribution in [-0.2, 0) is 0 Å². The van der Waals surface area contributed by atoms with E-state index in [4.69, 9.17) is 0 Å². The van der Waals surface area contributed by atoms with E-state index in [1.54, 1.807) is 0 Å². The summed E-state index contributed by atoms with van der Waals surface area (Å²) >= 11 is 0. The minimum Gasteiger partial charge on any atom is -0.269 e. The molecule has 0 aromatic heterocycles. The first-order valence-electron chi connectivity index (χ1n) is 0. The minimum atomic E-state index is 0. The van der Waals surface area contributed by atoms with Crippen LogP contribution >= 0.6 is 26.9 Å². The average Bonchev–Trinajstić information content (AvgIpc) is 0. The van der Waals surface area contributed by atoms with E-state index in [-0.39, 0.29) is 41.0 Å². The van der Waals surface area contributed by atoms with E-state index in [2.05, 4.69) is 0 Å². The first-order valence-corrected chi connectivity index (χ1v) is 0. The number of hydrogen-bond acceptors (Lipinski definition) is 0. The van der Waals surface area contributed by atoms with Crippen molar-refractivity contribution in [3.05, 3.63) is 0 Å². The molecule has 5 heavy (non-hydrogen) atoms. The van der Waals surface area contributed by atoms with Crippen LogP contribution in [-0.4, -0.2) is 0 Å². The molecular formula is H7BrF3P. The summed E-state index contributed by atoms with van der Waals surface area (Å²) in [4.78, 5) is 0. The third-order valence-electron chi connectivity index (χ3n) is 0. The van der Waals surface area contributed by atoms with Gasteiger partial charge in [-0.3, -0.25) is 14.1 Å². The predicted molar refractivity (Wildman–Crippen MR) is 28.9 cm³/mol. The van der Waals surface area contributed by atoms with Crippen molar-refractivity contribution in [2.75, 3.05) is 0 Å². The van der Waals surface area contributed by atoms with Crippen molar-refractivity contribution in [2.45, 2.75) is 0 Å². The number of halogens is 4. The van der Waals surface area contributed by atoms with Crippen LogP contribution in [0, 0.1) is 0 Å². The van der Waals surface area contributed by atoms with Gasteiger partial charge in [0.15, 0.2) is 0 Å². The summed E-state index contributed by atoms with van der Waals surface area (Å²) in [6.45, 7) is 0. The zero-order valence-corrected chi connectivity index (χ0v) is 5.47. The smallest absolute Gasteiger partial charge is 0.114 e. The van der Waals surface area contributed by atoms with Crippen molar-refractivity contribution in [2.24, 2.45) is 0 Å². The van der Waals surface area contributed by atoms with Gasteiger partial charge in [0.25, 0.3) is 0 Å². The third kappa shape index (κ3) is 69.9. The molecule has 0 aliphatic carbocycles. The monoisotopic (exact) mass is 174 g/mol. The van der Waals surface area contributed by atoms with Crippen LogP contribution in [0.2, 0.25) is 0 Å². The molecule has 0 nitrogen and oxygen atoms in total. The fourth-order valence-corrected chi connectivity index (χ4v) is 0. The standard InChI is InChI=1S/BrH.3FH.H3P/h4*1H;1H3. The molecule has 0 fully saturated rings. The molecular weight excluding hydrogens is 168 g/mol. The molecule has 1 unspecified atom stereocenters. The zero-order chi connectivity index (χ0) is 0. The molecule has 0 radical (unpaired) electrons. The lowest BCUT2D eigenvalue weighted by Gasteiger charge is -0.270. The van der Waals surface area contributed by atoms with Crippen LogP contribution in [0.3, 0.4) is 0 Å². The normalized spacial score (nSPS) is 0. The highest BCUT2D eigenvalue weighted by atomic mass is 79.9. The fraction of sp³-hybridized carbons (Fsp3) is 0. The summed E-state index contributed by atoms with van der Waals surface area (Å²) in [7, 11) is 0. The molecule has 0 aliphatic rings. The Bertz CT molecular complexity index is 6.85. The molecule has 0 N–H and O–H groups in total. The van der Waals surface area contributed by atoms with E-state index >= 15 is 0 Å². The molecule has 0 heterocycles. The maximum Gasteiger partial charge on any atom is -0.114 e. The van der Waals surface area contributed by atoms with Gasteiger partial charge in [-0.2, -0.15) is 9.90 Å². The Morgan fingerprint density at radius 1 is 0.600 bits per heavy atom. The summed E-state index contributed by atoms with van der Waals surface area (Å²) in [6.07, 6.45) is 0.